The first-order valence-corrected chi connectivity index (χ1v) is 6.17. The number of carboxylic acids is 1. The zero-order valence-corrected chi connectivity index (χ0v) is 12.1. The first-order chi connectivity index (χ1) is 8.10. The third kappa shape index (κ3) is 2.27. The monoisotopic (exact) mass is 249 g/mol. The fourth-order valence-corrected chi connectivity index (χ4v) is 2.21. The van der Waals surface area contributed by atoms with Crippen molar-refractivity contribution >= 4 is 5.97 Å². The maximum Gasteiger partial charge on any atom is 0.311 e. The standard InChI is InChI=1S/C15H23NO2/c1-8-7-9(2)11(4)12(10(8)3)13(16)15(5,6)14(17)18/h7,13H,16H2,1-6H3,(H,17,18). The molecule has 18 heavy (non-hydrogen) atoms. The molecule has 1 rings (SSSR count). The molecule has 100 valence electrons. The summed E-state index contributed by atoms with van der Waals surface area (Å²) in [6.07, 6.45) is 0. The fourth-order valence-electron chi connectivity index (χ4n) is 2.21. The molecule has 3 N–H and O–H groups in total. The average molecular weight is 249 g/mol. The van der Waals surface area contributed by atoms with Crippen molar-refractivity contribution in [3.63, 3.8) is 0 Å². The number of aliphatic carboxylic acids is 1. The van der Waals surface area contributed by atoms with E-state index < -0.39 is 17.4 Å². The number of carbonyl (C=O) groups is 1. The molecule has 0 aliphatic carbocycles. The highest BCUT2D eigenvalue weighted by Gasteiger charge is 2.37. The van der Waals surface area contributed by atoms with E-state index in [2.05, 4.69) is 6.07 Å². The maximum absolute atomic E-state index is 11.3. The molecule has 0 aromatic heterocycles. The van der Waals surface area contributed by atoms with E-state index in [1.807, 2.05) is 27.7 Å². The predicted molar refractivity (Wildman–Crippen MR) is 73.7 cm³/mol. The van der Waals surface area contributed by atoms with Crippen LogP contribution in [0.5, 0.6) is 0 Å². The van der Waals surface area contributed by atoms with E-state index in [9.17, 15) is 9.90 Å². The highest BCUT2D eigenvalue weighted by atomic mass is 16.4. The topological polar surface area (TPSA) is 63.3 Å². The van der Waals surface area contributed by atoms with Crippen LogP contribution in [0.15, 0.2) is 6.07 Å². The minimum atomic E-state index is -0.976. The normalized spacial score (nSPS) is 13.5. The first kappa shape index (κ1) is 14.7. The molecule has 0 bridgehead atoms. The van der Waals surface area contributed by atoms with Crippen LogP contribution in [0.1, 0.15) is 47.7 Å². The Morgan fingerprint density at radius 2 is 1.56 bits per heavy atom. The molecular weight excluding hydrogens is 226 g/mol. The lowest BCUT2D eigenvalue weighted by Gasteiger charge is -2.31. The highest BCUT2D eigenvalue weighted by molar-refractivity contribution is 5.75. The van der Waals surface area contributed by atoms with Gasteiger partial charge in [-0.05, 0) is 69.4 Å². The summed E-state index contributed by atoms with van der Waals surface area (Å²) in [5.74, 6) is -0.868. The molecular formula is C15H23NO2. The van der Waals surface area contributed by atoms with Gasteiger partial charge >= 0.3 is 5.97 Å². The van der Waals surface area contributed by atoms with Crippen LogP contribution in [-0.4, -0.2) is 11.1 Å². The van der Waals surface area contributed by atoms with Gasteiger partial charge in [0.25, 0.3) is 0 Å². The number of hydrogen-bond donors (Lipinski definition) is 2. The van der Waals surface area contributed by atoms with E-state index in [0.717, 1.165) is 27.8 Å². The van der Waals surface area contributed by atoms with Crippen LogP contribution in [-0.2, 0) is 4.79 Å². The Kier molecular flexibility index (Phi) is 3.86. The lowest BCUT2D eigenvalue weighted by molar-refractivity contribution is -0.148. The van der Waals surface area contributed by atoms with Crippen molar-refractivity contribution in [1.82, 2.24) is 0 Å². The first-order valence-electron chi connectivity index (χ1n) is 6.17. The van der Waals surface area contributed by atoms with Gasteiger partial charge in [0.05, 0.1) is 5.41 Å². The van der Waals surface area contributed by atoms with Gasteiger partial charge in [0.2, 0.25) is 0 Å². The van der Waals surface area contributed by atoms with Crippen LogP contribution in [0.3, 0.4) is 0 Å². The Bertz CT molecular complexity index is 464. The van der Waals surface area contributed by atoms with Gasteiger partial charge in [-0.3, -0.25) is 4.79 Å². The molecule has 0 amide bonds. The van der Waals surface area contributed by atoms with Gasteiger partial charge in [0.15, 0.2) is 0 Å². The van der Waals surface area contributed by atoms with Gasteiger partial charge in [-0.15, -0.1) is 0 Å². The largest absolute Gasteiger partial charge is 0.481 e. The van der Waals surface area contributed by atoms with Crippen molar-refractivity contribution in [2.75, 3.05) is 0 Å². The Balaban J connectivity index is 3.47. The predicted octanol–water partition coefficient (Wildman–Crippen LogP) is 3.03. The molecule has 3 nitrogen and oxygen atoms in total. The zero-order chi connectivity index (χ0) is 14.2. The van der Waals surface area contributed by atoms with Crippen LogP contribution in [0.2, 0.25) is 0 Å². The number of hydrogen-bond acceptors (Lipinski definition) is 2. The Morgan fingerprint density at radius 3 is 1.89 bits per heavy atom. The second-order valence-corrected chi connectivity index (χ2v) is 5.68. The van der Waals surface area contributed by atoms with Crippen molar-refractivity contribution in [3.05, 3.63) is 33.9 Å². The van der Waals surface area contributed by atoms with Gasteiger partial charge in [-0.1, -0.05) is 6.07 Å². The van der Waals surface area contributed by atoms with Crippen molar-refractivity contribution < 1.29 is 9.90 Å². The molecule has 0 fully saturated rings. The van der Waals surface area contributed by atoms with Gasteiger partial charge in [0, 0.05) is 6.04 Å². The van der Waals surface area contributed by atoms with Crippen molar-refractivity contribution in [2.45, 2.75) is 47.6 Å². The Labute approximate surface area is 109 Å². The average Bonchev–Trinajstić information content (AvgIpc) is 2.26. The minimum absolute atomic E-state index is 0.506. The summed E-state index contributed by atoms with van der Waals surface area (Å²) < 4.78 is 0. The number of rotatable bonds is 3. The lowest BCUT2D eigenvalue weighted by Crippen LogP contribution is -2.37. The smallest absolute Gasteiger partial charge is 0.311 e. The van der Waals surface area contributed by atoms with E-state index in [4.69, 9.17) is 5.73 Å². The van der Waals surface area contributed by atoms with Crippen LogP contribution in [0.25, 0.3) is 0 Å². The van der Waals surface area contributed by atoms with E-state index in [0.29, 0.717) is 0 Å². The van der Waals surface area contributed by atoms with Crippen LogP contribution < -0.4 is 5.73 Å². The van der Waals surface area contributed by atoms with E-state index >= 15 is 0 Å². The van der Waals surface area contributed by atoms with Crippen LogP contribution >= 0.6 is 0 Å². The zero-order valence-electron chi connectivity index (χ0n) is 12.1. The van der Waals surface area contributed by atoms with Crippen LogP contribution in [0, 0.1) is 33.1 Å². The summed E-state index contributed by atoms with van der Waals surface area (Å²) in [4.78, 5) is 11.3. The fraction of sp³-hybridized carbons (Fsp3) is 0.533. The van der Waals surface area contributed by atoms with Gasteiger partial charge in [-0.2, -0.15) is 0 Å². The molecule has 1 atom stereocenters. The molecule has 1 aromatic rings. The summed E-state index contributed by atoms with van der Waals surface area (Å²) in [7, 11) is 0. The summed E-state index contributed by atoms with van der Waals surface area (Å²) >= 11 is 0. The maximum atomic E-state index is 11.3. The highest BCUT2D eigenvalue weighted by Crippen LogP contribution is 2.36. The molecule has 1 unspecified atom stereocenters. The van der Waals surface area contributed by atoms with Crippen molar-refractivity contribution in [3.8, 4) is 0 Å². The molecule has 0 heterocycles. The number of benzene rings is 1. The number of carboxylic acid groups (broad SMARTS) is 1. The molecule has 1 aromatic carbocycles. The molecule has 0 saturated carbocycles. The van der Waals surface area contributed by atoms with Crippen molar-refractivity contribution in [1.29, 1.82) is 0 Å². The van der Waals surface area contributed by atoms with E-state index in [-0.39, 0.29) is 0 Å². The molecule has 0 saturated heterocycles. The quantitative estimate of drug-likeness (QED) is 0.865. The molecule has 0 spiro atoms. The number of aryl methyl sites for hydroxylation is 2. The van der Waals surface area contributed by atoms with Crippen molar-refractivity contribution in [2.24, 2.45) is 11.1 Å². The lowest BCUT2D eigenvalue weighted by atomic mass is 9.77. The molecule has 0 radical (unpaired) electrons. The summed E-state index contributed by atoms with van der Waals surface area (Å²) in [6.45, 7) is 11.4. The van der Waals surface area contributed by atoms with Gasteiger partial charge in [0.1, 0.15) is 0 Å². The van der Waals surface area contributed by atoms with Crippen LogP contribution in [0.4, 0.5) is 0 Å². The Morgan fingerprint density at radius 1 is 1.17 bits per heavy atom. The molecule has 3 heteroatoms. The van der Waals surface area contributed by atoms with Gasteiger partial charge < -0.3 is 10.8 Å². The van der Waals surface area contributed by atoms with Gasteiger partial charge in [-0.25, -0.2) is 0 Å². The third-order valence-corrected chi connectivity index (χ3v) is 4.06. The van der Waals surface area contributed by atoms with E-state index in [1.165, 1.54) is 0 Å². The summed E-state index contributed by atoms with van der Waals surface area (Å²) in [5, 5.41) is 9.31. The SMILES string of the molecule is Cc1cc(C)c(C)c(C(N)C(C)(C)C(=O)O)c1C. The Hall–Kier alpha value is -1.35. The number of nitrogens with two attached hydrogens (primary N) is 1. The van der Waals surface area contributed by atoms with E-state index in [1.54, 1.807) is 13.8 Å². The summed E-state index contributed by atoms with van der Waals surface area (Å²) in [6, 6.07) is 1.61. The second-order valence-electron chi connectivity index (χ2n) is 5.68. The third-order valence-electron chi connectivity index (χ3n) is 4.06. The minimum Gasteiger partial charge on any atom is -0.481 e. The summed E-state index contributed by atoms with van der Waals surface area (Å²) in [5.41, 5.74) is 10.7. The molecule has 0 aliphatic rings. The molecule has 0 aliphatic heterocycles. The second kappa shape index (κ2) is 4.73.